The van der Waals surface area contributed by atoms with Crippen molar-refractivity contribution in [2.45, 2.75) is 13.8 Å². The summed E-state index contributed by atoms with van der Waals surface area (Å²) in [7, 11) is 0. The molecule has 1 aromatic heterocycles. The van der Waals surface area contributed by atoms with Crippen LogP contribution in [0, 0.1) is 0 Å². The summed E-state index contributed by atoms with van der Waals surface area (Å²) < 4.78 is 0. The molecule has 0 saturated carbocycles. The molecule has 2 aliphatic heterocycles. The Labute approximate surface area is 110 Å². The van der Waals surface area contributed by atoms with Gasteiger partial charge in [-0.05, 0) is 50.3 Å². The third-order valence-electron chi connectivity index (χ3n) is 2.65. The van der Waals surface area contributed by atoms with Crippen molar-refractivity contribution >= 4 is 34.7 Å². The maximum Gasteiger partial charge on any atom is 0.154 e. The van der Waals surface area contributed by atoms with Crippen LogP contribution in [0.1, 0.15) is 13.8 Å². The predicted octanol–water partition coefficient (Wildman–Crippen LogP) is 3.14. The summed E-state index contributed by atoms with van der Waals surface area (Å²) in [5, 5.41) is 0. The standard InChI is InChI=1S/C14H13N5/c1-9-3-5-11(15-9)17-13-7-8-14(19-13)18-12-6-4-10(2)16-12/h3-8,19H,1-2H3/b17-11-,18-12-. The van der Waals surface area contributed by atoms with Crippen LogP contribution in [-0.2, 0) is 0 Å². The van der Waals surface area contributed by atoms with Crippen LogP contribution in [0.5, 0.6) is 0 Å². The van der Waals surface area contributed by atoms with E-state index in [-0.39, 0.29) is 0 Å². The summed E-state index contributed by atoms with van der Waals surface area (Å²) in [6, 6.07) is 3.75. The molecule has 0 spiro atoms. The first-order valence-electron chi connectivity index (χ1n) is 6.02. The number of hydrogen-bond donors (Lipinski definition) is 1. The van der Waals surface area contributed by atoms with E-state index in [1.54, 1.807) is 0 Å². The second kappa shape index (κ2) is 4.61. The third kappa shape index (κ3) is 2.65. The average Bonchev–Trinajstić information content (AvgIpc) is 3.05. The smallest absolute Gasteiger partial charge is 0.154 e. The number of allylic oxidation sites excluding steroid dienone is 2. The summed E-state index contributed by atoms with van der Waals surface area (Å²) in [5.74, 6) is 2.88. The van der Waals surface area contributed by atoms with Gasteiger partial charge in [0.15, 0.2) is 11.7 Å². The molecule has 2 aliphatic rings. The van der Waals surface area contributed by atoms with E-state index in [1.807, 2.05) is 50.3 Å². The van der Waals surface area contributed by atoms with Crippen LogP contribution in [0.25, 0.3) is 0 Å². The fraction of sp³-hybridized carbons (Fsp3) is 0.143. The monoisotopic (exact) mass is 251 g/mol. The van der Waals surface area contributed by atoms with Crippen LogP contribution < -0.4 is 0 Å². The topological polar surface area (TPSA) is 65.2 Å². The number of amidine groups is 2. The molecule has 1 aromatic rings. The number of nitrogens with one attached hydrogen (secondary N) is 1. The maximum absolute atomic E-state index is 4.38. The van der Waals surface area contributed by atoms with Crippen molar-refractivity contribution in [2.24, 2.45) is 20.0 Å². The normalized spacial score (nSPS) is 21.6. The van der Waals surface area contributed by atoms with Crippen LogP contribution in [0.4, 0.5) is 11.6 Å². The minimum atomic E-state index is 0.702. The van der Waals surface area contributed by atoms with E-state index < -0.39 is 0 Å². The molecule has 5 nitrogen and oxygen atoms in total. The first-order chi connectivity index (χ1) is 9.19. The van der Waals surface area contributed by atoms with Gasteiger partial charge in [0.1, 0.15) is 11.6 Å². The lowest BCUT2D eigenvalue weighted by Crippen LogP contribution is -1.85. The lowest BCUT2D eigenvalue weighted by Gasteiger charge is -1.91. The fourth-order valence-corrected chi connectivity index (χ4v) is 1.77. The zero-order valence-electron chi connectivity index (χ0n) is 10.8. The fourth-order valence-electron chi connectivity index (χ4n) is 1.77. The second-order valence-corrected chi connectivity index (χ2v) is 4.34. The van der Waals surface area contributed by atoms with Gasteiger partial charge in [-0.25, -0.2) is 20.0 Å². The van der Waals surface area contributed by atoms with Gasteiger partial charge in [0.2, 0.25) is 0 Å². The number of nitrogens with zero attached hydrogens (tertiary/aromatic N) is 4. The lowest BCUT2D eigenvalue weighted by molar-refractivity contribution is 1.29. The minimum Gasteiger partial charge on any atom is -0.325 e. The molecule has 0 atom stereocenters. The molecule has 0 bridgehead atoms. The van der Waals surface area contributed by atoms with E-state index >= 15 is 0 Å². The Hall–Kier alpha value is -2.56. The number of aromatic nitrogens is 1. The molecule has 94 valence electrons. The molecule has 3 rings (SSSR count). The van der Waals surface area contributed by atoms with E-state index in [2.05, 4.69) is 25.0 Å². The minimum absolute atomic E-state index is 0.702. The Balaban J connectivity index is 1.82. The highest BCUT2D eigenvalue weighted by atomic mass is 15.1. The second-order valence-electron chi connectivity index (χ2n) is 4.34. The lowest BCUT2D eigenvalue weighted by atomic mass is 10.4. The Morgan fingerprint density at radius 1 is 0.789 bits per heavy atom. The third-order valence-corrected chi connectivity index (χ3v) is 2.65. The van der Waals surface area contributed by atoms with E-state index in [1.165, 1.54) is 0 Å². The Kier molecular flexibility index (Phi) is 2.79. The van der Waals surface area contributed by atoms with Crippen molar-refractivity contribution in [1.29, 1.82) is 0 Å². The zero-order chi connectivity index (χ0) is 13.2. The van der Waals surface area contributed by atoms with Crippen LogP contribution in [0.15, 0.2) is 56.4 Å². The summed E-state index contributed by atoms with van der Waals surface area (Å²) >= 11 is 0. The molecule has 19 heavy (non-hydrogen) atoms. The zero-order valence-corrected chi connectivity index (χ0v) is 10.8. The average molecular weight is 251 g/mol. The van der Waals surface area contributed by atoms with Crippen LogP contribution >= 0.6 is 0 Å². The molecule has 1 N–H and O–H groups in total. The largest absolute Gasteiger partial charge is 0.325 e. The SMILES string of the molecule is CC1=N/C(=N\c2ccc(/N=C3/C=CC(C)=N3)[nH]2)C=C1. The van der Waals surface area contributed by atoms with Crippen LogP contribution in [0.3, 0.4) is 0 Å². The summed E-state index contributed by atoms with van der Waals surface area (Å²) in [6.07, 6.45) is 7.64. The van der Waals surface area contributed by atoms with E-state index in [9.17, 15) is 0 Å². The summed E-state index contributed by atoms with van der Waals surface area (Å²) in [4.78, 5) is 20.4. The molecular weight excluding hydrogens is 238 g/mol. The van der Waals surface area contributed by atoms with Crippen LogP contribution in [0.2, 0.25) is 0 Å². The van der Waals surface area contributed by atoms with Crippen molar-refractivity contribution in [1.82, 2.24) is 4.98 Å². The Morgan fingerprint density at radius 2 is 1.26 bits per heavy atom. The highest BCUT2D eigenvalue weighted by Crippen LogP contribution is 2.19. The van der Waals surface area contributed by atoms with Crippen molar-refractivity contribution in [3.63, 3.8) is 0 Å². The van der Waals surface area contributed by atoms with Gasteiger partial charge in [-0.2, -0.15) is 0 Å². The van der Waals surface area contributed by atoms with E-state index in [4.69, 9.17) is 0 Å². The highest BCUT2D eigenvalue weighted by molar-refractivity contribution is 6.15. The Morgan fingerprint density at radius 3 is 1.63 bits per heavy atom. The van der Waals surface area contributed by atoms with Gasteiger partial charge >= 0.3 is 0 Å². The maximum atomic E-state index is 4.38. The first-order valence-corrected chi connectivity index (χ1v) is 6.02. The van der Waals surface area contributed by atoms with Gasteiger partial charge in [0.25, 0.3) is 0 Å². The van der Waals surface area contributed by atoms with Crippen molar-refractivity contribution in [3.8, 4) is 0 Å². The van der Waals surface area contributed by atoms with E-state index in [0.29, 0.717) is 11.7 Å². The molecule has 0 fully saturated rings. The molecule has 0 aliphatic carbocycles. The van der Waals surface area contributed by atoms with Gasteiger partial charge in [-0.1, -0.05) is 0 Å². The van der Waals surface area contributed by atoms with Gasteiger partial charge in [0, 0.05) is 11.4 Å². The molecule has 0 aromatic carbocycles. The van der Waals surface area contributed by atoms with Gasteiger partial charge in [-0.15, -0.1) is 0 Å². The van der Waals surface area contributed by atoms with Crippen molar-refractivity contribution < 1.29 is 0 Å². The molecular formula is C14H13N5. The van der Waals surface area contributed by atoms with Crippen molar-refractivity contribution in [2.75, 3.05) is 0 Å². The van der Waals surface area contributed by atoms with Gasteiger partial charge < -0.3 is 4.98 Å². The summed E-state index contributed by atoms with van der Waals surface area (Å²) in [6.45, 7) is 3.88. The Bertz CT molecular complexity index is 637. The molecule has 0 amide bonds. The van der Waals surface area contributed by atoms with E-state index in [0.717, 1.165) is 23.1 Å². The highest BCUT2D eigenvalue weighted by Gasteiger charge is 2.04. The van der Waals surface area contributed by atoms with Gasteiger partial charge in [0.05, 0.1) is 0 Å². The first kappa shape index (κ1) is 11.5. The number of rotatable bonds is 2. The molecule has 3 heterocycles. The summed E-state index contributed by atoms with van der Waals surface area (Å²) in [5.41, 5.74) is 1.93. The number of hydrogen-bond acceptors (Lipinski definition) is 2. The molecule has 0 unspecified atom stereocenters. The quantitative estimate of drug-likeness (QED) is 0.839. The molecule has 0 saturated heterocycles. The number of aromatic amines is 1. The number of aliphatic imine (C=N–C) groups is 4. The molecule has 0 radical (unpaired) electrons. The van der Waals surface area contributed by atoms with Gasteiger partial charge in [-0.3, -0.25) is 0 Å². The molecule has 5 heteroatoms. The predicted molar refractivity (Wildman–Crippen MR) is 79.5 cm³/mol. The van der Waals surface area contributed by atoms with Crippen molar-refractivity contribution in [3.05, 3.63) is 36.4 Å². The number of H-pyrrole nitrogens is 1. The van der Waals surface area contributed by atoms with Crippen LogP contribution in [-0.4, -0.2) is 28.1 Å².